The number of H-pyrrole nitrogens is 1. The van der Waals surface area contributed by atoms with Gasteiger partial charge in [-0.2, -0.15) is 0 Å². The minimum absolute atomic E-state index is 0.952. The van der Waals surface area contributed by atoms with Crippen molar-refractivity contribution >= 4 is 40.9 Å². The molecular weight excluding hydrogens is 500 g/mol. The summed E-state index contributed by atoms with van der Waals surface area (Å²) in [5.41, 5.74) is 13.4. The molecule has 1 N–H and O–H groups in total. The van der Waals surface area contributed by atoms with Crippen molar-refractivity contribution in [1.29, 1.82) is 0 Å². The Bertz CT molecular complexity index is 1660. The van der Waals surface area contributed by atoms with Gasteiger partial charge in [0.25, 0.3) is 0 Å². The monoisotopic (exact) mass is 538 g/mol. The highest BCUT2D eigenvalue weighted by atomic mass is 15.1. The zero-order valence-electron chi connectivity index (χ0n) is 24.8. The summed E-state index contributed by atoms with van der Waals surface area (Å²) in [7, 11) is 8.22. The fourth-order valence-electron chi connectivity index (χ4n) is 4.95. The molecule has 0 aliphatic carbocycles. The number of anilines is 2. The van der Waals surface area contributed by atoms with Crippen molar-refractivity contribution in [3.8, 4) is 0 Å². The van der Waals surface area contributed by atoms with Gasteiger partial charge in [0.05, 0.1) is 17.1 Å². The van der Waals surface area contributed by atoms with Gasteiger partial charge in [-0.3, -0.25) is 0 Å². The Morgan fingerprint density at radius 3 is 1.80 bits per heavy atom. The first-order valence-corrected chi connectivity index (χ1v) is 14.0. The Balaban J connectivity index is 1.48. The molecule has 0 bridgehead atoms. The van der Waals surface area contributed by atoms with E-state index < -0.39 is 0 Å². The summed E-state index contributed by atoms with van der Waals surface area (Å²) in [4.78, 5) is 13.0. The maximum atomic E-state index is 5.12. The number of hydrogen-bond donors (Lipinski definition) is 1. The van der Waals surface area contributed by atoms with E-state index >= 15 is 0 Å². The van der Waals surface area contributed by atoms with Crippen LogP contribution < -0.4 is 9.80 Å². The predicted octanol–water partition coefficient (Wildman–Crippen LogP) is 8.50. The van der Waals surface area contributed by atoms with E-state index in [2.05, 4.69) is 172 Å². The Morgan fingerprint density at radius 1 is 0.683 bits per heavy atom. The molecule has 0 atom stereocenters. The number of allylic oxidation sites excluding steroid dienone is 3. The second kappa shape index (κ2) is 12.1. The normalized spacial score (nSPS) is 14.5. The average molecular weight is 539 g/mol. The van der Waals surface area contributed by atoms with E-state index in [0.717, 1.165) is 50.6 Å². The number of rotatable bonds is 8. The maximum absolute atomic E-state index is 5.12. The summed E-state index contributed by atoms with van der Waals surface area (Å²) in [6.45, 7) is 4.30. The number of aromatic amines is 1. The van der Waals surface area contributed by atoms with Crippen molar-refractivity contribution in [2.45, 2.75) is 13.8 Å². The Labute approximate surface area is 244 Å². The smallest absolute Gasteiger partial charge is 0.0766 e. The third-order valence-electron chi connectivity index (χ3n) is 7.28. The first-order valence-electron chi connectivity index (χ1n) is 14.0. The molecule has 1 aliphatic rings. The molecule has 2 heterocycles. The Kier molecular flexibility index (Phi) is 8.21. The highest BCUT2D eigenvalue weighted by Crippen LogP contribution is 2.35. The van der Waals surface area contributed by atoms with Crippen LogP contribution >= 0.6 is 0 Å². The minimum Gasteiger partial charge on any atom is -0.378 e. The molecule has 0 fully saturated rings. The van der Waals surface area contributed by atoms with E-state index in [4.69, 9.17) is 4.99 Å². The van der Waals surface area contributed by atoms with Gasteiger partial charge in [0, 0.05) is 50.8 Å². The molecule has 5 rings (SSSR count). The fraction of sp³-hybridized carbons (Fsp3) is 0.162. The van der Waals surface area contributed by atoms with E-state index in [-0.39, 0.29) is 0 Å². The number of nitrogens with one attached hydrogen (secondary N) is 1. The largest absolute Gasteiger partial charge is 0.378 e. The molecule has 3 aromatic carbocycles. The van der Waals surface area contributed by atoms with Gasteiger partial charge >= 0.3 is 0 Å². The molecule has 0 radical (unpaired) electrons. The van der Waals surface area contributed by atoms with Gasteiger partial charge in [0.2, 0.25) is 0 Å². The molecule has 206 valence electrons. The van der Waals surface area contributed by atoms with E-state index in [1.54, 1.807) is 0 Å². The summed E-state index contributed by atoms with van der Waals surface area (Å²) < 4.78 is 0. The molecule has 0 saturated heterocycles. The van der Waals surface area contributed by atoms with Crippen LogP contribution in [0, 0.1) is 6.92 Å². The maximum Gasteiger partial charge on any atom is 0.0766 e. The number of aromatic nitrogens is 1. The number of aliphatic imine (C=N–C) groups is 1. The lowest BCUT2D eigenvalue weighted by molar-refractivity contribution is 1.13. The van der Waals surface area contributed by atoms with Crippen molar-refractivity contribution in [3.63, 3.8) is 0 Å². The van der Waals surface area contributed by atoms with Crippen LogP contribution in [0.2, 0.25) is 0 Å². The van der Waals surface area contributed by atoms with Gasteiger partial charge in [0.15, 0.2) is 0 Å². The molecule has 0 spiro atoms. The molecule has 1 aliphatic heterocycles. The van der Waals surface area contributed by atoms with Crippen molar-refractivity contribution in [3.05, 3.63) is 142 Å². The standard InChI is InChI=1S/C37H38N4/c1-26-24-31(18-12-28-14-20-33(21-15-28)40(3)4)38-36(26)35(30-10-8-7-9-11-30)37-27(2)25-32(39-37)19-13-29-16-22-34(23-17-29)41(5)6/h7-25,38H,1-6H3/b18-12+,19-13+,37-35-. The highest BCUT2D eigenvalue weighted by molar-refractivity contribution is 6.11. The van der Waals surface area contributed by atoms with Crippen LogP contribution in [0.25, 0.3) is 23.8 Å². The third-order valence-corrected chi connectivity index (χ3v) is 7.28. The summed E-state index contributed by atoms with van der Waals surface area (Å²) in [6, 6.07) is 29.9. The quantitative estimate of drug-likeness (QED) is 0.244. The minimum atomic E-state index is 0.952. The molecule has 4 nitrogen and oxygen atoms in total. The molecule has 4 heteroatoms. The van der Waals surface area contributed by atoms with Crippen LogP contribution in [0.3, 0.4) is 0 Å². The Hall–Kier alpha value is -4.83. The van der Waals surface area contributed by atoms with Crippen LogP contribution in [0.15, 0.2) is 113 Å². The average Bonchev–Trinajstić information content (AvgIpc) is 3.53. The second-order valence-corrected chi connectivity index (χ2v) is 10.9. The third kappa shape index (κ3) is 6.50. The lowest BCUT2D eigenvalue weighted by Gasteiger charge is -2.12. The van der Waals surface area contributed by atoms with Gasteiger partial charge in [-0.05, 0) is 90.2 Å². The van der Waals surface area contributed by atoms with Crippen molar-refractivity contribution in [2.24, 2.45) is 4.99 Å². The van der Waals surface area contributed by atoms with Gasteiger partial charge in [-0.1, -0.05) is 66.7 Å². The van der Waals surface area contributed by atoms with Crippen molar-refractivity contribution in [2.75, 3.05) is 38.0 Å². The van der Waals surface area contributed by atoms with E-state index in [1.165, 1.54) is 16.9 Å². The molecule has 4 aromatic rings. The highest BCUT2D eigenvalue weighted by Gasteiger charge is 2.20. The first-order chi connectivity index (χ1) is 19.8. The van der Waals surface area contributed by atoms with E-state index in [1.807, 2.05) is 0 Å². The summed E-state index contributed by atoms with van der Waals surface area (Å²) >= 11 is 0. The molecule has 1 aromatic heterocycles. The predicted molar refractivity (Wildman–Crippen MR) is 179 cm³/mol. The molecular formula is C37H38N4. The van der Waals surface area contributed by atoms with Gasteiger partial charge in [0.1, 0.15) is 0 Å². The number of aryl methyl sites for hydroxylation is 1. The van der Waals surface area contributed by atoms with Crippen LogP contribution in [-0.2, 0) is 0 Å². The van der Waals surface area contributed by atoms with Gasteiger partial charge in [-0.15, -0.1) is 0 Å². The van der Waals surface area contributed by atoms with Crippen LogP contribution in [-0.4, -0.2) is 38.9 Å². The fourth-order valence-corrected chi connectivity index (χ4v) is 4.95. The second-order valence-electron chi connectivity index (χ2n) is 10.9. The van der Waals surface area contributed by atoms with E-state index in [0.29, 0.717) is 0 Å². The number of benzene rings is 3. The van der Waals surface area contributed by atoms with Crippen molar-refractivity contribution in [1.82, 2.24) is 4.98 Å². The van der Waals surface area contributed by atoms with Crippen LogP contribution in [0.1, 0.15) is 40.6 Å². The van der Waals surface area contributed by atoms with Crippen LogP contribution in [0.5, 0.6) is 0 Å². The molecule has 41 heavy (non-hydrogen) atoms. The van der Waals surface area contributed by atoms with Crippen molar-refractivity contribution < 1.29 is 0 Å². The van der Waals surface area contributed by atoms with E-state index in [9.17, 15) is 0 Å². The first kappa shape index (κ1) is 27.7. The topological polar surface area (TPSA) is 34.6 Å². The SMILES string of the molecule is CC1=CC(/C=C/c2ccc(N(C)C)cc2)=NC/1=C(/c1ccccc1)c1[nH]c(/C=C/c2ccc(N(C)C)cc2)cc1C. The summed E-state index contributed by atoms with van der Waals surface area (Å²) in [5, 5.41) is 0. The Morgan fingerprint density at radius 2 is 1.24 bits per heavy atom. The summed E-state index contributed by atoms with van der Waals surface area (Å²) in [6.07, 6.45) is 10.7. The zero-order chi connectivity index (χ0) is 28.9. The lowest BCUT2D eigenvalue weighted by atomic mass is 9.96. The molecule has 0 unspecified atom stereocenters. The number of hydrogen-bond acceptors (Lipinski definition) is 3. The molecule has 0 amide bonds. The van der Waals surface area contributed by atoms with Gasteiger partial charge < -0.3 is 14.8 Å². The van der Waals surface area contributed by atoms with Gasteiger partial charge in [-0.25, -0.2) is 4.99 Å². The van der Waals surface area contributed by atoms with Crippen LogP contribution in [0.4, 0.5) is 11.4 Å². The molecule has 0 saturated carbocycles. The lowest BCUT2D eigenvalue weighted by Crippen LogP contribution is -2.07. The zero-order valence-corrected chi connectivity index (χ0v) is 24.8. The number of nitrogens with zero attached hydrogens (tertiary/aromatic N) is 3. The summed E-state index contributed by atoms with van der Waals surface area (Å²) in [5.74, 6) is 0.